The van der Waals surface area contributed by atoms with Gasteiger partial charge < -0.3 is 15.1 Å². The van der Waals surface area contributed by atoms with Crippen molar-refractivity contribution in [2.24, 2.45) is 0 Å². The highest BCUT2D eigenvalue weighted by molar-refractivity contribution is 5.95. The zero-order valence-corrected chi connectivity index (χ0v) is 9.87. The second-order valence-electron chi connectivity index (χ2n) is 3.65. The maximum Gasteiger partial charge on any atom is 0.257 e. The normalized spacial score (nSPS) is 10.3. The van der Waals surface area contributed by atoms with Crippen LogP contribution in [0.25, 0.3) is 0 Å². The van der Waals surface area contributed by atoms with Crippen LogP contribution in [0.2, 0.25) is 0 Å². The Morgan fingerprint density at radius 2 is 2.00 bits per heavy atom. The predicted molar refractivity (Wildman–Crippen MR) is 61.2 cm³/mol. The summed E-state index contributed by atoms with van der Waals surface area (Å²) in [6, 6.07) is 0.361. The van der Waals surface area contributed by atoms with E-state index in [1.807, 2.05) is 0 Å². The molecule has 0 aliphatic carbocycles. The Balaban J connectivity index is 3.21. The lowest BCUT2D eigenvalue weighted by molar-refractivity contribution is 0.0736. The van der Waals surface area contributed by atoms with Gasteiger partial charge in [-0.3, -0.25) is 4.79 Å². The smallest absolute Gasteiger partial charge is 0.257 e. The Kier molecular flexibility index (Phi) is 4.94. The molecule has 0 aromatic heterocycles. The van der Waals surface area contributed by atoms with Crippen LogP contribution >= 0.6 is 0 Å². The quantitative estimate of drug-likeness (QED) is 0.631. The molecule has 1 aromatic carbocycles. The van der Waals surface area contributed by atoms with E-state index in [0.29, 0.717) is 6.07 Å². The molecule has 0 atom stereocenters. The third-order valence-electron chi connectivity index (χ3n) is 2.37. The minimum absolute atomic E-state index is 0.0153. The molecule has 19 heavy (non-hydrogen) atoms. The van der Waals surface area contributed by atoms with Crippen molar-refractivity contribution in [1.82, 2.24) is 4.90 Å². The zero-order chi connectivity index (χ0) is 14.6. The molecule has 104 valence electrons. The van der Waals surface area contributed by atoms with E-state index in [2.05, 4.69) is 6.58 Å². The summed E-state index contributed by atoms with van der Waals surface area (Å²) in [6.45, 7) is 2.84. The van der Waals surface area contributed by atoms with Crippen molar-refractivity contribution in [1.29, 1.82) is 0 Å². The third kappa shape index (κ3) is 3.05. The molecular formula is C12H12F3NO3. The number of hydrogen-bond donors (Lipinski definition) is 2. The summed E-state index contributed by atoms with van der Waals surface area (Å²) in [5.74, 6) is -7.38. The van der Waals surface area contributed by atoms with E-state index in [0.717, 1.165) is 4.90 Å². The highest BCUT2D eigenvalue weighted by Crippen LogP contribution is 2.26. The molecule has 7 heteroatoms. The molecule has 1 amide bonds. The van der Waals surface area contributed by atoms with Gasteiger partial charge in [-0.15, -0.1) is 6.58 Å². The van der Waals surface area contributed by atoms with Crippen LogP contribution in [0.4, 0.5) is 13.2 Å². The monoisotopic (exact) mass is 275 g/mol. The van der Waals surface area contributed by atoms with E-state index in [1.165, 1.54) is 6.08 Å². The van der Waals surface area contributed by atoms with Crippen LogP contribution in [-0.2, 0) is 0 Å². The Bertz CT molecular complexity index is 505. The van der Waals surface area contributed by atoms with Gasteiger partial charge in [-0.25, -0.2) is 8.78 Å². The molecule has 1 aromatic rings. The van der Waals surface area contributed by atoms with Crippen molar-refractivity contribution in [2.75, 3.05) is 19.7 Å². The lowest BCUT2D eigenvalue weighted by Gasteiger charge is -2.20. The molecule has 0 unspecified atom stereocenters. The molecule has 0 aliphatic heterocycles. The number of hydrogen-bond acceptors (Lipinski definition) is 3. The van der Waals surface area contributed by atoms with Gasteiger partial charge in [0.2, 0.25) is 5.82 Å². The second kappa shape index (κ2) is 6.24. The van der Waals surface area contributed by atoms with Gasteiger partial charge in [-0.2, -0.15) is 4.39 Å². The van der Waals surface area contributed by atoms with Crippen LogP contribution in [0.15, 0.2) is 18.7 Å². The fraction of sp³-hybridized carbons (Fsp3) is 0.250. The Hall–Kier alpha value is -2.02. The fourth-order valence-corrected chi connectivity index (χ4v) is 1.47. The van der Waals surface area contributed by atoms with Crippen LogP contribution < -0.4 is 0 Å². The summed E-state index contributed by atoms with van der Waals surface area (Å²) in [4.78, 5) is 12.9. The van der Waals surface area contributed by atoms with Gasteiger partial charge in [0.25, 0.3) is 5.91 Å². The number of nitrogens with zero attached hydrogens (tertiary/aromatic N) is 1. The SMILES string of the molecule is C=CCN(CCO)C(=O)c1cc(F)c(F)c(O)c1F. The Labute approximate surface area is 107 Å². The largest absolute Gasteiger partial charge is 0.503 e. The van der Waals surface area contributed by atoms with Gasteiger partial charge in [0.05, 0.1) is 12.2 Å². The van der Waals surface area contributed by atoms with E-state index in [9.17, 15) is 18.0 Å². The first-order valence-electron chi connectivity index (χ1n) is 5.31. The molecule has 2 N–H and O–H groups in total. The molecule has 0 saturated heterocycles. The maximum absolute atomic E-state index is 13.5. The number of aromatic hydroxyl groups is 1. The number of carbonyl (C=O) groups excluding carboxylic acids is 1. The molecule has 0 heterocycles. The van der Waals surface area contributed by atoms with Gasteiger partial charge >= 0.3 is 0 Å². The van der Waals surface area contributed by atoms with Crippen molar-refractivity contribution < 1.29 is 28.2 Å². The van der Waals surface area contributed by atoms with Crippen LogP contribution in [0, 0.1) is 17.5 Å². The highest BCUT2D eigenvalue weighted by atomic mass is 19.2. The number of carbonyl (C=O) groups is 1. The van der Waals surface area contributed by atoms with Gasteiger partial charge in [0.15, 0.2) is 17.4 Å². The summed E-state index contributed by atoms with van der Waals surface area (Å²) in [5, 5.41) is 17.8. The summed E-state index contributed by atoms with van der Waals surface area (Å²) >= 11 is 0. The lowest BCUT2D eigenvalue weighted by atomic mass is 10.1. The topological polar surface area (TPSA) is 60.8 Å². The second-order valence-corrected chi connectivity index (χ2v) is 3.65. The molecular weight excluding hydrogens is 263 g/mol. The number of rotatable bonds is 5. The van der Waals surface area contributed by atoms with Crippen molar-refractivity contribution in [2.45, 2.75) is 0 Å². The standard InChI is InChI=1S/C12H12F3NO3/c1-2-3-16(4-5-17)12(19)7-6-8(13)10(15)11(18)9(7)14/h2,6,17-18H,1,3-5H2. The predicted octanol–water partition coefficient (Wildman–Crippen LogP) is 1.43. The molecule has 1 rings (SSSR count). The number of amides is 1. The van der Waals surface area contributed by atoms with Gasteiger partial charge in [-0.1, -0.05) is 6.08 Å². The van der Waals surface area contributed by atoms with Gasteiger partial charge in [0.1, 0.15) is 0 Å². The van der Waals surface area contributed by atoms with Crippen molar-refractivity contribution in [3.63, 3.8) is 0 Å². The summed E-state index contributed by atoms with van der Waals surface area (Å²) in [6.07, 6.45) is 1.32. The first-order chi connectivity index (χ1) is 8.93. The summed E-state index contributed by atoms with van der Waals surface area (Å²) < 4.78 is 39.5. The molecule has 4 nitrogen and oxygen atoms in total. The molecule has 0 fully saturated rings. The Morgan fingerprint density at radius 3 is 2.53 bits per heavy atom. The number of halogens is 3. The van der Waals surface area contributed by atoms with E-state index in [1.54, 1.807) is 0 Å². The number of aliphatic hydroxyl groups is 1. The van der Waals surface area contributed by atoms with Gasteiger partial charge in [0, 0.05) is 13.1 Å². The van der Waals surface area contributed by atoms with Crippen LogP contribution in [0.1, 0.15) is 10.4 Å². The van der Waals surface area contributed by atoms with Crippen LogP contribution in [-0.4, -0.2) is 40.7 Å². The average molecular weight is 275 g/mol. The van der Waals surface area contributed by atoms with E-state index >= 15 is 0 Å². The van der Waals surface area contributed by atoms with E-state index < -0.39 is 41.3 Å². The molecule has 0 aliphatic rings. The first kappa shape index (κ1) is 15.0. The minimum atomic E-state index is -1.76. The van der Waals surface area contributed by atoms with E-state index in [-0.39, 0.29) is 13.1 Å². The van der Waals surface area contributed by atoms with Crippen molar-refractivity contribution in [3.05, 3.63) is 41.7 Å². The molecule has 0 saturated carbocycles. The molecule has 0 bridgehead atoms. The average Bonchev–Trinajstić information content (AvgIpc) is 2.39. The van der Waals surface area contributed by atoms with Crippen LogP contribution in [0.3, 0.4) is 0 Å². The third-order valence-corrected chi connectivity index (χ3v) is 2.37. The number of aliphatic hydroxyl groups excluding tert-OH is 1. The zero-order valence-electron chi connectivity index (χ0n) is 9.87. The number of phenolic OH excluding ortho intramolecular Hbond substituents is 1. The van der Waals surface area contributed by atoms with Crippen molar-refractivity contribution >= 4 is 5.91 Å². The Morgan fingerprint density at radius 1 is 1.37 bits per heavy atom. The molecule has 0 spiro atoms. The maximum atomic E-state index is 13.5. The van der Waals surface area contributed by atoms with E-state index in [4.69, 9.17) is 10.2 Å². The minimum Gasteiger partial charge on any atom is -0.503 e. The summed E-state index contributed by atoms with van der Waals surface area (Å²) in [7, 11) is 0. The summed E-state index contributed by atoms with van der Waals surface area (Å²) in [5.41, 5.74) is -0.813. The lowest BCUT2D eigenvalue weighted by Crippen LogP contribution is -2.34. The molecule has 0 radical (unpaired) electrons. The fourth-order valence-electron chi connectivity index (χ4n) is 1.47. The highest BCUT2D eigenvalue weighted by Gasteiger charge is 2.25. The number of phenols is 1. The number of benzene rings is 1. The van der Waals surface area contributed by atoms with Crippen molar-refractivity contribution in [3.8, 4) is 5.75 Å². The van der Waals surface area contributed by atoms with Gasteiger partial charge in [-0.05, 0) is 6.07 Å². The first-order valence-corrected chi connectivity index (χ1v) is 5.31. The van der Waals surface area contributed by atoms with Crippen LogP contribution in [0.5, 0.6) is 5.75 Å².